The molecule has 2 aromatic carbocycles. The number of ether oxygens (including phenoxy) is 1. The van der Waals surface area contributed by atoms with E-state index in [4.69, 9.17) is 10.5 Å². The molecule has 0 saturated heterocycles. The topological polar surface area (TPSA) is 111 Å². The van der Waals surface area contributed by atoms with Crippen LogP contribution in [0.5, 0.6) is 11.5 Å². The molecule has 0 aliphatic carbocycles. The van der Waals surface area contributed by atoms with E-state index in [1.165, 1.54) is 0 Å². The van der Waals surface area contributed by atoms with Gasteiger partial charge < -0.3 is 27.3 Å². The Balaban J connectivity index is 0.00000312. The third-order valence-electron chi connectivity index (χ3n) is 3.86. The summed E-state index contributed by atoms with van der Waals surface area (Å²) in [5.41, 5.74) is 8.15. The minimum Gasteiger partial charge on any atom is -0.457 e. The van der Waals surface area contributed by atoms with E-state index in [9.17, 15) is 4.79 Å². The number of aryl methyl sites for hydroxylation is 1. The molecule has 0 spiro atoms. The van der Waals surface area contributed by atoms with E-state index in [1.54, 1.807) is 6.07 Å². The minimum atomic E-state index is -0.188. The van der Waals surface area contributed by atoms with Crippen LogP contribution >= 0.6 is 0 Å². The van der Waals surface area contributed by atoms with E-state index in [-0.39, 0.29) is 18.2 Å². The largest absolute Gasteiger partial charge is 0.457 e. The summed E-state index contributed by atoms with van der Waals surface area (Å²) >= 11 is 0. The van der Waals surface area contributed by atoms with Crippen LogP contribution in [0.1, 0.15) is 32.3 Å². The highest BCUT2D eigenvalue weighted by atomic mass is 16.5. The van der Waals surface area contributed by atoms with Gasteiger partial charge in [0.05, 0.1) is 0 Å². The molecule has 0 fully saturated rings. The quantitative estimate of drug-likeness (QED) is 0.562. The van der Waals surface area contributed by atoms with Crippen molar-refractivity contribution < 1.29 is 9.53 Å². The number of benzene rings is 2. The van der Waals surface area contributed by atoms with Gasteiger partial charge in [0.25, 0.3) is 0 Å². The summed E-state index contributed by atoms with van der Waals surface area (Å²) < 4.78 is 5.84. The second-order valence-corrected chi connectivity index (χ2v) is 5.76. The first-order valence-corrected chi connectivity index (χ1v) is 8.23. The first-order valence-electron chi connectivity index (χ1n) is 8.23. The van der Waals surface area contributed by atoms with Gasteiger partial charge in [0.1, 0.15) is 11.5 Å². The van der Waals surface area contributed by atoms with Gasteiger partial charge in [0, 0.05) is 17.4 Å². The number of rotatable bonds is 6. The molecule has 2 amide bonds. The van der Waals surface area contributed by atoms with Crippen molar-refractivity contribution in [3.05, 3.63) is 48.0 Å². The van der Waals surface area contributed by atoms with Crippen LogP contribution in [-0.4, -0.2) is 12.1 Å². The molecule has 0 radical (unpaired) electrons. The summed E-state index contributed by atoms with van der Waals surface area (Å²) in [6.07, 6.45) is 1.83. The van der Waals surface area contributed by atoms with Crippen molar-refractivity contribution in [1.82, 2.24) is 11.5 Å². The van der Waals surface area contributed by atoms with Crippen LogP contribution in [0.4, 0.5) is 16.2 Å². The summed E-state index contributed by atoms with van der Waals surface area (Å²) in [7, 11) is 0. The number of nitrogens with one attached hydrogen (secondary N) is 2. The summed E-state index contributed by atoms with van der Waals surface area (Å²) in [4.78, 5) is 11.9. The maximum Gasteiger partial charge on any atom is 0.319 e. The molecule has 0 bridgehead atoms. The van der Waals surface area contributed by atoms with Crippen LogP contribution in [0.3, 0.4) is 0 Å². The fourth-order valence-electron chi connectivity index (χ4n) is 2.37. The maximum atomic E-state index is 11.9. The fourth-order valence-corrected chi connectivity index (χ4v) is 2.37. The fraction of sp³-hybridized carbons (Fsp3) is 0.316. The molecule has 0 heterocycles. The molecule has 6 heteroatoms. The molecule has 0 aliphatic heterocycles. The van der Waals surface area contributed by atoms with Crippen molar-refractivity contribution in [3.63, 3.8) is 0 Å². The first-order chi connectivity index (χ1) is 11.5. The molecular weight excluding hydrogens is 316 g/mol. The van der Waals surface area contributed by atoms with E-state index in [2.05, 4.69) is 24.5 Å². The van der Waals surface area contributed by atoms with Gasteiger partial charge in [0.15, 0.2) is 0 Å². The van der Waals surface area contributed by atoms with E-state index in [1.807, 2.05) is 43.3 Å². The van der Waals surface area contributed by atoms with Crippen molar-refractivity contribution in [2.45, 2.75) is 39.7 Å². The Morgan fingerprint density at radius 3 is 2.32 bits per heavy atom. The van der Waals surface area contributed by atoms with Crippen molar-refractivity contribution in [2.75, 3.05) is 11.1 Å². The SMILES string of the molecule is CCC(CC)NC(=O)Nc1ccc(Oc2ccc(N)cc2C)cc1.N. The Morgan fingerprint density at radius 1 is 1.12 bits per heavy atom. The molecular formula is C19H28N4O2. The number of nitrogen functional groups attached to an aromatic ring is 1. The normalized spacial score (nSPS) is 10.1. The van der Waals surface area contributed by atoms with E-state index < -0.39 is 0 Å². The molecule has 2 rings (SSSR count). The lowest BCUT2D eigenvalue weighted by molar-refractivity contribution is 0.247. The molecule has 136 valence electrons. The van der Waals surface area contributed by atoms with Crippen molar-refractivity contribution >= 4 is 17.4 Å². The van der Waals surface area contributed by atoms with Gasteiger partial charge in [-0.05, 0) is 67.8 Å². The van der Waals surface area contributed by atoms with Gasteiger partial charge in [-0.25, -0.2) is 4.79 Å². The molecule has 0 atom stereocenters. The molecule has 0 unspecified atom stereocenters. The maximum absolute atomic E-state index is 11.9. The summed E-state index contributed by atoms with van der Waals surface area (Å²) in [6, 6.07) is 12.8. The smallest absolute Gasteiger partial charge is 0.319 e. The van der Waals surface area contributed by atoms with Gasteiger partial charge in [-0.15, -0.1) is 0 Å². The van der Waals surface area contributed by atoms with Crippen LogP contribution in [0, 0.1) is 6.92 Å². The molecule has 6 nitrogen and oxygen atoms in total. The minimum absolute atomic E-state index is 0. The van der Waals surface area contributed by atoms with Crippen molar-refractivity contribution in [1.29, 1.82) is 0 Å². The average molecular weight is 344 g/mol. The predicted molar refractivity (Wildman–Crippen MR) is 104 cm³/mol. The number of hydrogen-bond acceptors (Lipinski definition) is 4. The van der Waals surface area contributed by atoms with Gasteiger partial charge in [-0.3, -0.25) is 0 Å². The molecule has 2 aromatic rings. The Bertz CT molecular complexity index is 682. The van der Waals surface area contributed by atoms with Gasteiger partial charge >= 0.3 is 6.03 Å². The summed E-state index contributed by atoms with van der Waals surface area (Å²) in [6.45, 7) is 6.06. The Labute approximate surface area is 149 Å². The summed E-state index contributed by atoms with van der Waals surface area (Å²) in [5.74, 6) is 1.46. The van der Waals surface area contributed by atoms with Crippen LogP contribution in [0.2, 0.25) is 0 Å². The zero-order valence-electron chi connectivity index (χ0n) is 15.1. The Kier molecular flexibility index (Phi) is 7.75. The first kappa shape index (κ1) is 20.3. The van der Waals surface area contributed by atoms with Gasteiger partial charge in [-0.2, -0.15) is 0 Å². The van der Waals surface area contributed by atoms with Gasteiger partial charge in [-0.1, -0.05) is 13.8 Å². The zero-order chi connectivity index (χ0) is 17.5. The van der Waals surface area contributed by atoms with Crippen LogP contribution in [0.15, 0.2) is 42.5 Å². The molecule has 0 saturated carbocycles. The highest BCUT2D eigenvalue weighted by molar-refractivity contribution is 5.89. The van der Waals surface area contributed by atoms with E-state index in [0.29, 0.717) is 11.4 Å². The highest BCUT2D eigenvalue weighted by Crippen LogP contribution is 2.27. The second kappa shape index (κ2) is 9.54. The standard InChI is InChI=1S/C19H25N3O2.H3N/c1-4-15(5-2)21-19(23)22-16-7-9-17(10-8-16)24-18-11-6-14(20)12-13(18)3;/h6-12,15H,4-5,20H2,1-3H3,(H2,21,22,23);1H3. The molecule has 0 aliphatic rings. The number of urea groups is 1. The van der Waals surface area contributed by atoms with Crippen LogP contribution in [0.25, 0.3) is 0 Å². The number of anilines is 2. The van der Waals surface area contributed by atoms with E-state index >= 15 is 0 Å². The van der Waals surface area contributed by atoms with Crippen LogP contribution < -0.4 is 27.3 Å². The number of hydrogen-bond donors (Lipinski definition) is 4. The lowest BCUT2D eigenvalue weighted by atomic mass is 10.2. The third kappa shape index (κ3) is 6.00. The Morgan fingerprint density at radius 2 is 1.76 bits per heavy atom. The van der Waals surface area contributed by atoms with Crippen molar-refractivity contribution in [2.24, 2.45) is 0 Å². The number of amides is 2. The van der Waals surface area contributed by atoms with E-state index in [0.717, 1.165) is 29.8 Å². The van der Waals surface area contributed by atoms with Crippen molar-refractivity contribution in [3.8, 4) is 11.5 Å². The Hall–Kier alpha value is -2.73. The predicted octanol–water partition coefficient (Wildman–Crippen LogP) is 4.84. The number of carbonyl (C=O) groups is 1. The number of nitrogens with two attached hydrogens (primary N) is 1. The second-order valence-electron chi connectivity index (χ2n) is 5.76. The summed E-state index contributed by atoms with van der Waals surface area (Å²) in [5, 5.41) is 5.77. The van der Waals surface area contributed by atoms with Crippen LogP contribution in [-0.2, 0) is 0 Å². The molecule has 7 N–H and O–H groups in total. The highest BCUT2D eigenvalue weighted by Gasteiger charge is 2.08. The number of carbonyl (C=O) groups excluding carboxylic acids is 1. The average Bonchev–Trinajstić information content (AvgIpc) is 2.57. The molecule has 25 heavy (non-hydrogen) atoms. The zero-order valence-corrected chi connectivity index (χ0v) is 15.1. The molecule has 0 aromatic heterocycles. The lowest BCUT2D eigenvalue weighted by Crippen LogP contribution is -2.37. The monoisotopic (exact) mass is 344 g/mol. The lowest BCUT2D eigenvalue weighted by Gasteiger charge is -2.15. The third-order valence-corrected chi connectivity index (χ3v) is 3.86. The van der Waals surface area contributed by atoms with Gasteiger partial charge in [0.2, 0.25) is 0 Å².